The number of para-hydroxylation sites is 3. The zero-order chi connectivity index (χ0) is 32.6. The molecule has 0 radical (unpaired) electrons. The average Bonchev–Trinajstić information content (AvgIpc) is 3.57. The molecule has 0 saturated heterocycles. The number of anilines is 6. The first kappa shape index (κ1) is 29.0. The van der Waals surface area contributed by atoms with Gasteiger partial charge in [0.05, 0.1) is 11.4 Å². The molecular weight excluding hydrogens is 613 g/mol. The van der Waals surface area contributed by atoms with Crippen LogP contribution in [0.4, 0.5) is 34.1 Å². The van der Waals surface area contributed by atoms with E-state index in [0.29, 0.717) is 0 Å². The summed E-state index contributed by atoms with van der Waals surface area (Å²) in [5, 5.41) is 5.06. The Bertz CT molecular complexity index is 2500. The Morgan fingerprint density at radius 1 is 0.367 bits per heavy atom. The molecule has 2 nitrogen and oxygen atoms in total. The Morgan fingerprint density at radius 2 is 0.918 bits per heavy atom. The largest absolute Gasteiger partial charge is 0.308 e. The molecule has 0 spiro atoms. The molecule has 0 aliphatic carbocycles. The lowest BCUT2D eigenvalue weighted by Gasteiger charge is -2.34. The van der Waals surface area contributed by atoms with E-state index in [1.165, 1.54) is 42.1 Å². The van der Waals surface area contributed by atoms with Crippen molar-refractivity contribution >= 4 is 76.4 Å². The third-order valence-corrected chi connectivity index (χ3v) is 10.4. The topological polar surface area (TPSA) is 6.48 Å². The standard InChI is InChI=1S/C46H32N2S/c1-5-16-33(17-6-1)35-19-15-26-39(32-35)47(36-20-7-2-8-21-36)42-30-31-43-44(41-29-28-34-18-13-14-27-40(34)46(41)49-43)45(42)48(37-22-9-3-10-23-37)38-24-11-4-12-25-38/h1-32H. The van der Waals surface area contributed by atoms with Crippen molar-refractivity contribution < 1.29 is 0 Å². The molecule has 0 aliphatic rings. The molecule has 232 valence electrons. The number of thiophene rings is 1. The van der Waals surface area contributed by atoms with E-state index < -0.39 is 0 Å². The number of hydrogen-bond acceptors (Lipinski definition) is 3. The van der Waals surface area contributed by atoms with E-state index >= 15 is 0 Å². The van der Waals surface area contributed by atoms with E-state index in [4.69, 9.17) is 0 Å². The monoisotopic (exact) mass is 644 g/mol. The number of rotatable bonds is 7. The highest BCUT2D eigenvalue weighted by molar-refractivity contribution is 7.26. The normalized spacial score (nSPS) is 11.3. The van der Waals surface area contributed by atoms with Crippen molar-refractivity contribution in [2.24, 2.45) is 0 Å². The van der Waals surface area contributed by atoms with E-state index in [-0.39, 0.29) is 0 Å². The van der Waals surface area contributed by atoms with Gasteiger partial charge in [0, 0.05) is 42.9 Å². The van der Waals surface area contributed by atoms with Crippen LogP contribution in [0.25, 0.3) is 42.1 Å². The minimum atomic E-state index is 1.10. The van der Waals surface area contributed by atoms with Crippen LogP contribution in [-0.2, 0) is 0 Å². The van der Waals surface area contributed by atoms with Gasteiger partial charge in [0.1, 0.15) is 0 Å². The van der Waals surface area contributed by atoms with Gasteiger partial charge in [-0.05, 0) is 82.6 Å². The van der Waals surface area contributed by atoms with Gasteiger partial charge in [0.25, 0.3) is 0 Å². The molecule has 0 bridgehead atoms. The number of benzene rings is 8. The van der Waals surface area contributed by atoms with Crippen LogP contribution >= 0.6 is 11.3 Å². The van der Waals surface area contributed by atoms with Crippen LogP contribution in [0.5, 0.6) is 0 Å². The van der Waals surface area contributed by atoms with Crippen LogP contribution in [0.1, 0.15) is 0 Å². The fraction of sp³-hybridized carbons (Fsp3) is 0. The summed E-state index contributed by atoms with van der Waals surface area (Å²) >= 11 is 1.88. The molecule has 0 fully saturated rings. The smallest absolute Gasteiger partial charge is 0.0796 e. The van der Waals surface area contributed by atoms with Gasteiger partial charge >= 0.3 is 0 Å². The molecule has 49 heavy (non-hydrogen) atoms. The van der Waals surface area contributed by atoms with Gasteiger partial charge in [-0.1, -0.05) is 133 Å². The first-order chi connectivity index (χ1) is 24.3. The molecule has 0 aliphatic heterocycles. The van der Waals surface area contributed by atoms with Gasteiger partial charge in [-0.25, -0.2) is 0 Å². The predicted octanol–water partition coefficient (Wildman–Crippen LogP) is 13.8. The van der Waals surface area contributed by atoms with Crippen molar-refractivity contribution in [3.05, 3.63) is 194 Å². The molecule has 0 N–H and O–H groups in total. The van der Waals surface area contributed by atoms with Crippen molar-refractivity contribution in [1.29, 1.82) is 0 Å². The molecule has 0 amide bonds. The van der Waals surface area contributed by atoms with Gasteiger partial charge in [0.2, 0.25) is 0 Å². The van der Waals surface area contributed by atoms with Crippen LogP contribution in [-0.4, -0.2) is 0 Å². The average molecular weight is 645 g/mol. The van der Waals surface area contributed by atoms with Crippen molar-refractivity contribution in [3.63, 3.8) is 0 Å². The second kappa shape index (κ2) is 12.5. The maximum absolute atomic E-state index is 2.44. The minimum absolute atomic E-state index is 1.10. The summed E-state index contributed by atoms with van der Waals surface area (Å²) in [7, 11) is 0. The summed E-state index contributed by atoms with van der Waals surface area (Å²) in [5.74, 6) is 0. The Kier molecular flexibility index (Phi) is 7.38. The molecule has 0 atom stereocenters. The summed E-state index contributed by atoms with van der Waals surface area (Å²) in [6, 6.07) is 69.8. The Balaban J connectivity index is 1.41. The summed E-state index contributed by atoms with van der Waals surface area (Å²) in [5.41, 5.74) is 9.02. The van der Waals surface area contributed by atoms with Crippen molar-refractivity contribution in [2.45, 2.75) is 0 Å². The van der Waals surface area contributed by atoms with Crippen molar-refractivity contribution in [2.75, 3.05) is 9.80 Å². The Hall–Kier alpha value is -6.16. The van der Waals surface area contributed by atoms with Crippen LogP contribution in [0.15, 0.2) is 194 Å². The van der Waals surface area contributed by atoms with Crippen LogP contribution in [0.3, 0.4) is 0 Å². The van der Waals surface area contributed by atoms with Crippen molar-refractivity contribution in [3.8, 4) is 11.1 Å². The number of hydrogen-bond donors (Lipinski definition) is 0. The molecule has 1 heterocycles. The van der Waals surface area contributed by atoms with Crippen LogP contribution in [0, 0.1) is 0 Å². The molecule has 1 aromatic heterocycles. The summed E-state index contributed by atoms with van der Waals surface area (Å²) in [6.07, 6.45) is 0. The second-order valence-electron chi connectivity index (χ2n) is 12.2. The molecule has 9 aromatic rings. The fourth-order valence-corrected chi connectivity index (χ4v) is 8.24. The lowest BCUT2D eigenvalue weighted by molar-refractivity contribution is 1.24. The van der Waals surface area contributed by atoms with Gasteiger partial charge in [-0.15, -0.1) is 11.3 Å². The van der Waals surface area contributed by atoms with E-state index in [0.717, 1.165) is 34.1 Å². The summed E-state index contributed by atoms with van der Waals surface area (Å²) in [4.78, 5) is 4.86. The first-order valence-corrected chi connectivity index (χ1v) is 17.4. The summed E-state index contributed by atoms with van der Waals surface area (Å²) < 4.78 is 2.57. The predicted molar refractivity (Wildman–Crippen MR) is 212 cm³/mol. The molecular formula is C46H32N2S. The quantitative estimate of drug-likeness (QED) is 0.170. The second-order valence-corrected chi connectivity index (χ2v) is 13.2. The molecule has 8 aromatic carbocycles. The highest BCUT2D eigenvalue weighted by atomic mass is 32.1. The number of nitrogens with zero attached hydrogens (tertiary/aromatic N) is 2. The SMILES string of the molecule is c1ccc(-c2cccc(N(c3ccccc3)c3ccc4sc5c6ccccc6ccc5c4c3N(c3ccccc3)c3ccccc3)c2)cc1. The van der Waals surface area contributed by atoms with Gasteiger partial charge in [-0.3, -0.25) is 0 Å². The minimum Gasteiger partial charge on any atom is -0.308 e. The molecule has 0 saturated carbocycles. The van der Waals surface area contributed by atoms with Gasteiger partial charge in [0.15, 0.2) is 0 Å². The maximum Gasteiger partial charge on any atom is 0.0796 e. The lowest BCUT2D eigenvalue weighted by atomic mass is 10.0. The van der Waals surface area contributed by atoms with E-state index in [2.05, 4.69) is 204 Å². The fourth-order valence-electron chi connectivity index (χ4n) is 6.99. The van der Waals surface area contributed by atoms with Gasteiger partial charge in [-0.2, -0.15) is 0 Å². The lowest BCUT2D eigenvalue weighted by Crippen LogP contribution is -2.17. The molecule has 3 heteroatoms. The highest BCUT2D eigenvalue weighted by Gasteiger charge is 2.27. The third kappa shape index (κ3) is 5.22. The van der Waals surface area contributed by atoms with Crippen LogP contribution in [0.2, 0.25) is 0 Å². The molecule has 0 unspecified atom stereocenters. The zero-order valence-corrected chi connectivity index (χ0v) is 27.6. The van der Waals surface area contributed by atoms with E-state index in [9.17, 15) is 0 Å². The van der Waals surface area contributed by atoms with Crippen molar-refractivity contribution in [1.82, 2.24) is 0 Å². The highest BCUT2D eigenvalue weighted by Crippen LogP contribution is 2.53. The molecule has 9 rings (SSSR count). The van der Waals surface area contributed by atoms with E-state index in [1.54, 1.807) is 0 Å². The summed E-state index contributed by atoms with van der Waals surface area (Å²) in [6.45, 7) is 0. The maximum atomic E-state index is 2.44. The first-order valence-electron chi connectivity index (χ1n) is 16.6. The Labute approximate surface area is 290 Å². The van der Waals surface area contributed by atoms with E-state index in [1.807, 2.05) is 11.3 Å². The van der Waals surface area contributed by atoms with Crippen LogP contribution < -0.4 is 9.80 Å². The number of fused-ring (bicyclic) bond motifs is 5. The van der Waals surface area contributed by atoms with Gasteiger partial charge < -0.3 is 9.80 Å². The third-order valence-electron chi connectivity index (χ3n) is 9.20. The zero-order valence-electron chi connectivity index (χ0n) is 26.8. The Morgan fingerprint density at radius 3 is 1.59 bits per heavy atom.